The number of carbonyl (C=O) groups excluding carboxylic acids is 2. The van der Waals surface area contributed by atoms with Gasteiger partial charge in [0, 0.05) is 13.0 Å². The van der Waals surface area contributed by atoms with Crippen LogP contribution in [0.4, 0.5) is 23.7 Å². The lowest BCUT2D eigenvalue weighted by Crippen LogP contribution is -2.41. The number of urea groups is 1. The third-order valence-corrected chi connectivity index (χ3v) is 5.17. The number of anilines is 1. The summed E-state index contributed by atoms with van der Waals surface area (Å²) < 4.78 is 38.3. The van der Waals surface area contributed by atoms with Crippen LogP contribution >= 0.6 is 0 Å². The van der Waals surface area contributed by atoms with Gasteiger partial charge in [-0.25, -0.2) is 9.78 Å². The Kier molecular flexibility index (Phi) is 6.29. The summed E-state index contributed by atoms with van der Waals surface area (Å²) in [6.45, 7) is 3.96. The van der Waals surface area contributed by atoms with E-state index in [2.05, 4.69) is 4.98 Å². The first-order chi connectivity index (χ1) is 14.6. The standard InChI is InChI=1S/C22H21F3N4O2/c1-14(2)19-13-28(17-6-7-20(27-11-17)22(23,24)25)21(31)29(19)12-18(30)9-15-4-3-5-16(8-15)10-26/h3-8,11,14,19H,9,12-13H2,1-2H3/t19-/m1/s1. The molecule has 0 saturated carbocycles. The van der Waals surface area contributed by atoms with Gasteiger partial charge in [0.1, 0.15) is 5.69 Å². The molecule has 1 fully saturated rings. The van der Waals surface area contributed by atoms with Crippen LogP contribution in [0, 0.1) is 17.2 Å². The van der Waals surface area contributed by atoms with Crippen molar-refractivity contribution in [1.82, 2.24) is 9.88 Å². The molecule has 2 heterocycles. The van der Waals surface area contributed by atoms with Gasteiger partial charge in [-0.05, 0) is 35.7 Å². The summed E-state index contributed by atoms with van der Waals surface area (Å²) in [4.78, 5) is 31.9. The van der Waals surface area contributed by atoms with E-state index < -0.39 is 17.9 Å². The average molecular weight is 430 g/mol. The van der Waals surface area contributed by atoms with E-state index in [-0.39, 0.29) is 42.9 Å². The molecule has 1 saturated heterocycles. The molecule has 0 unspecified atom stereocenters. The Morgan fingerprint density at radius 3 is 2.61 bits per heavy atom. The highest BCUT2D eigenvalue weighted by atomic mass is 19.4. The summed E-state index contributed by atoms with van der Waals surface area (Å²) >= 11 is 0. The predicted molar refractivity (Wildman–Crippen MR) is 107 cm³/mol. The molecule has 1 aromatic heterocycles. The zero-order valence-corrected chi connectivity index (χ0v) is 17.1. The van der Waals surface area contributed by atoms with E-state index in [0.29, 0.717) is 11.1 Å². The number of aromatic nitrogens is 1. The molecule has 1 atom stereocenters. The van der Waals surface area contributed by atoms with Crippen LogP contribution in [-0.2, 0) is 17.4 Å². The lowest BCUT2D eigenvalue weighted by Gasteiger charge is -2.25. The highest BCUT2D eigenvalue weighted by molar-refractivity contribution is 5.97. The maximum absolute atomic E-state index is 13.0. The second-order valence-electron chi connectivity index (χ2n) is 7.76. The normalized spacial score (nSPS) is 16.7. The van der Waals surface area contributed by atoms with Gasteiger partial charge in [-0.15, -0.1) is 0 Å². The summed E-state index contributed by atoms with van der Waals surface area (Å²) in [6, 6.07) is 10.1. The molecule has 31 heavy (non-hydrogen) atoms. The number of Topliss-reactive ketones (excluding diaryl/α,β-unsaturated/α-hetero) is 1. The summed E-state index contributed by atoms with van der Waals surface area (Å²) in [5.41, 5.74) is 0.347. The maximum atomic E-state index is 13.0. The quantitative estimate of drug-likeness (QED) is 0.693. The highest BCUT2D eigenvalue weighted by Crippen LogP contribution is 2.31. The summed E-state index contributed by atoms with van der Waals surface area (Å²) in [6.07, 6.45) is -3.46. The van der Waals surface area contributed by atoms with Gasteiger partial charge >= 0.3 is 12.2 Å². The third-order valence-electron chi connectivity index (χ3n) is 5.17. The van der Waals surface area contributed by atoms with E-state index >= 15 is 0 Å². The van der Waals surface area contributed by atoms with Crippen LogP contribution in [-0.4, -0.2) is 40.8 Å². The molecular formula is C22H21F3N4O2. The van der Waals surface area contributed by atoms with Crippen LogP contribution in [0.1, 0.15) is 30.7 Å². The Balaban J connectivity index is 1.76. The van der Waals surface area contributed by atoms with E-state index in [1.807, 2.05) is 19.9 Å². The number of alkyl halides is 3. The van der Waals surface area contributed by atoms with Crippen molar-refractivity contribution in [2.75, 3.05) is 18.0 Å². The minimum absolute atomic E-state index is 0.0334. The largest absolute Gasteiger partial charge is 0.433 e. The van der Waals surface area contributed by atoms with E-state index in [4.69, 9.17) is 5.26 Å². The van der Waals surface area contributed by atoms with Gasteiger partial charge in [-0.1, -0.05) is 26.0 Å². The number of ketones is 1. The van der Waals surface area contributed by atoms with Gasteiger partial charge in [0.2, 0.25) is 0 Å². The molecule has 0 bridgehead atoms. The zero-order chi connectivity index (χ0) is 22.8. The third kappa shape index (κ3) is 5.02. The molecule has 0 spiro atoms. The van der Waals surface area contributed by atoms with Gasteiger partial charge in [0.25, 0.3) is 0 Å². The maximum Gasteiger partial charge on any atom is 0.433 e. The fourth-order valence-corrected chi connectivity index (χ4v) is 3.57. The number of carbonyl (C=O) groups is 2. The Hall–Kier alpha value is -3.41. The van der Waals surface area contributed by atoms with Crippen molar-refractivity contribution in [3.8, 4) is 6.07 Å². The molecule has 0 aliphatic carbocycles. The van der Waals surface area contributed by atoms with Crippen molar-refractivity contribution in [1.29, 1.82) is 5.26 Å². The molecule has 162 valence electrons. The second kappa shape index (κ2) is 8.76. The molecular weight excluding hydrogens is 409 g/mol. The molecule has 2 amide bonds. The highest BCUT2D eigenvalue weighted by Gasteiger charge is 2.41. The van der Waals surface area contributed by atoms with Crippen molar-refractivity contribution in [3.05, 3.63) is 59.4 Å². The average Bonchev–Trinajstić information content (AvgIpc) is 3.04. The number of hydrogen-bond donors (Lipinski definition) is 0. The number of amides is 2. The number of rotatable bonds is 6. The Morgan fingerprint density at radius 2 is 2.03 bits per heavy atom. The number of hydrogen-bond acceptors (Lipinski definition) is 4. The SMILES string of the molecule is CC(C)[C@H]1CN(c2ccc(C(F)(F)F)nc2)C(=O)N1CC(=O)Cc1cccc(C#N)c1. The van der Waals surface area contributed by atoms with Crippen molar-refractivity contribution in [2.24, 2.45) is 5.92 Å². The van der Waals surface area contributed by atoms with Crippen molar-refractivity contribution < 1.29 is 22.8 Å². The first-order valence-electron chi connectivity index (χ1n) is 9.72. The molecule has 3 rings (SSSR count). The number of nitriles is 1. The molecule has 0 radical (unpaired) electrons. The van der Waals surface area contributed by atoms with Crippen LogP contribution in [0.15, 0.2) is 42.6 Å². The van der Waals surface area contributed by atoms with Crippen molar-refractivity contribution in [3.63, 3.8) is 0 Å². The lowest BCUT2D eigenvalue weighted by molar-refractivity contribution is -0.141. The number of benzene rings is 1. The first kappa shape index (κ1) is 22.3. The van der Waals surface area contributed by atoms with Crippen LogP contribution < -0.4 is 4.90 Å². The lowest BCUT2D eigenvalue weighted by atomic mass is 10.0. The van der Waals surface area contributed by atoms with Crippen LogP contribution in [0.5, 0.6) is 0 Å². The topological polar surface area (TPSA) is 77.3 Å². The smallest absolute Gasteiger partial charge is 0.312 e. The van der Waals surface area contributed by atoms with E-state index in [0.717, 1.165) is 12.3 Å². The van der Waals surface area contributed by atoms with Crippen LogP contribution in [0.2, 0.25) is 0 Å². The molecule has 1 aliphatic rings. The van der Waals surface area contributed by atoms with Crippen LogP contribution in [0.3, 0.4) is 0 Å². The molecule has 6 nitrogen and oxygen atoms in total. The Labute approximate surface area is 177 Å². The Bertz CT molecular complexity index is 1010. The first-order valence-corrected chi connectivity index (χ1v) is 9.72. The number of halogens is 3. The second-order valence-corrected chi connectivity index (χ2v) is 7.76. The van der Waals surface area contributed by atoms with Crippen molar-refractivity contribution in [2.45, 2.75) is 32.5 Å². The zero-order valence-electron chi connectivity index (χ0n) is 17.1. The molecule has 1 aromatic carbocycles. The summed E-state index contributed by atoms with van der Waals surface area (Å²) in [7, 11) is 0. The van der Waals surface area contributed by atoms with E-state index in [1.165, 1.54) is 15.9 Å². The van der Waals surface area contributed by atoms with Gasteiger partial charge in [0.05, 0.1) is 36.1 Å². The van der Waals surface area contributed by atoms with Gasteiger partial charge in [0.15, 0.2) is 5.78 Å². The van der Waals surface area contributed by atoms with E-state index in [9.17, 15) is 22.8 Å². The van der Waals surface area contributed by atoms with Gasteiger partial charge in [-0.3, -0.25) is 9.69 Å². The fourth-order valence-electron chi connectivity index (χ4n) is 3.57. The van der Waals surface area contributed by atoms with E-state index in [1.54, 1.807) is 24.3 Å². The number of pyridine rings is 1. The van der Waals surface area contributed by atoms with Crippen LogP contribution in [0.25, 0.3) is 0 Å². The van der Waals surface area contributed by atoms with Gasteiger partial charge in [-0.2, -0.15) is 18.4 Å². The monoisotopic (exact) mass is 430 g/mol. The fraction of sp³-hybridized carbons (Fsp3) is 0.364. The van der Waals surface area contributed by atoms with Crippen molar-refractivity contribution >= 4 is 17.5 Å². The predicted octanol–water partition coefficient (Wildman–Crippen LogP) is 4.05. The Morgan fingerprint density at radius 1 is 1.29 bits per heavy atom. The summed E-state index contributed by atoms with van der Waals surface area (Å²) in [5, 5.41) is 8.99. The number of nitrogens with zero attached hydrogens (tertiary/aromatic N) is 4. The molecule has 2 aromatic rings. The molecule has 0 N–H and O–H groups in total. The minimum Gasteiger partial charge on any atom is -0.312 e. The summed E-state index contributed by atoms with van der Waals surface area (Å²) in [5.74, 6) is -0.160. The molecule has 1 aliphatic heterocycles. The van der Waals surface area contributed by atoms with Gasteiger partial charge < -0.3 is 4.90 Å². The molecule has 9 heteroatoms. The minimum atomic E-state index is -4.56.